The third-order valence-electron chi connectivity index (χ3n) is 2.21. The Morgan fingerprint density at radius 3 is 3.05 bits per heavy atom. The lowest BCUT2D eigenvalue weighted by atomic mass is 10.4. The Bertz CT molecular complexity index is 607. The molecule has 2 aromatic heterocycles. The lowest BCUT2D eigenvalue weighted by Gasteiger charge is -2.02. The van der Waals surface area contributed by atoms with Crippen molar-refractivity contribution < 1.29 is 17.7 Å². The molecule has 0 saturated heterocycles. The molecule has 0 bridgehead atoms. The highest BCUT2D eigenvalue weighted by atomic mass is 32.2. The molecule has 0 unspecified atom stereocenters. The summed E-state index contributed by atoms with van der Waals surface area (Å²) in [6.07, 6.45) is 0. The Labute approximate surface area is 114 Å². The van der Waals surface area contributed by atoms with E-state index in [0.29, 0.717) is 5.82 Å². The minimum atomic E-state index is -3.39. The highest BCUT2D eigenvalue weighted by Crippen LogP contribution is 2.21. The van der Waals surface area contributed by atoms with Crippen LogP contribution in [0.15, 0.2) is 22.0 Å². The molecule has 0 spiro atoms. The van der Waals surface area contributed by atoms with Gasteiger partial charge < -0.3 is 9.26 Å². The quantitative estimate of drug-likeness (QED) is 0.815. The van der Waals surface area contributed by atoms with Crippen molar-refractivity contribution in [3.05, 3.63) is 23.4 Å². The van der Waals surface area contributed by atoms with Gasteiger partial charge in [0.25, 0.3) is 0 Å². The molecular weight excluding hydrogens is 290 g/mol. The third kappa shape index (κ3) is 4.10. The fourth-order valence-electron chi connectivity index (χ4n) is 1.27. The van der Waals surface area contributed by atoms with E-state index in [9.17, 15) is 8.42 Å². The Kier molecular flexibility index (Phi) is 4.64. The highest BCUT2D eigenvalue weighted by molar-refractivity contribution is 7.89. The molecule has 2 rings (SSSR count). The van der Waals surface area contributed by atoms with Crippen LogP contribution in [0, 0.1) is 0 Å². The number of rotatable bonds is 7. The molecule has 104 valence electrons. The van der Waals surface area contributed by atoms with E-state index in [-0.39, 0.29) is 24.8 Å². The minimum Gasteiger partial charge on any atom is -0.384 e. The second-order valence-corrected chi connectivity index (χ2v) is 6.50. The lowest BCUT2D eigenvalue weighted by Crippen LogP contribution is -2.27. The van der Waals surface area contributed by atoms with Crippen LogP contribution in [0.25, 0.3) is 10.7 Å². The molecule has 2 aromatic rings. The van der Waals surface area contributed by atoms with E-state index in [1.807, 2.05) is 17.5 Å². The number of aromatic nitrogens is 2. The Hall–Kier alpha value is -1.29. The van der Waals surface area contributed by atoms with E-state index in [2.05, 4.69) is 14.9 Å². The van der Waals surface area contributed by atoms with Gasteiger partial charge >= 0.3 is 0 Å². The molecule has 19 heavy (non-hydrogen) atoms. The Balaban J connectivity index is 1.94. The molecule has 0 saturated carbocycles. The maximum absolute atomic E-state index is 11.5. The molecule has 7 nitrogen and oxygen atoms in total. The number of nitrogens with zero attached hydrogens (tertiary/aromatic N) is 2. The van der Waals surface area contributed by atoms with Crippen LogP contribution in [0.4, 0.5) is 0 Å². The molecule has 9 heteroatoms. The van der Waals surface area contributed by atoms with Crippen LogP contribution in [0.1, 0.15) is 5.89 Å². The van der Waals surface area contributed by atoms with Gasteiger partial charge in [0.1, 0.15) is 0 Å². The van der Waals surface area contributed by atoms with Gasteiger partial charge in [0.2, 0.25) is 21.7 Å². The maximum atomic E-state index is 11.5. The van der Waals surface area contributed by atoms with Gasteiger partial charge in [-0.15, -0.1) is 11.3 Å². The van der Waals surface area contributed by atoms with E-state index in [1.165, 1.54) is 18.4 Å². The molecule has 0 amide bonds. The molecule has 1 N–H and O–H groups in total. The maximum Gasteiger partial charge on any atom is 0.242 e. The molecule has 2 heterocycles. The van der Waals surface area contributed by atoms with Crippen LogP contribution in [-0.4, -0.2) is 38.0 Å². The molecule has 0 aromatic carbocycles. The molecule has 0 aliphatic rings. The molecule has 0 aliphatic heterocycles. The van der Waals surface area contributed by atoms with Gasteiger partial charge in [-0.2, -0.15) is 4.98 Å². The summed E-state index contributed by atoms with van der Waals surface area (Å²) in [5, 5.41) is 5.69. The van der Waals surface area contributed by atoms with Crippen LogP contribution in [0.3, 0.4) is 0 Å². The first-order valence-corrected chi connectivity index (χ1v) is 7.96. The van der Waals surface area contributed by atoms with Crippen molar-refractivity contribution >= 4 is 21.4 Å². The molecule has 0 fully saturated rings. The summed E-state index contributed by atoms with van der Waals surface area (Å²) in [6.45, 7) is 0.115. The van der Waals surface area contributed by atoms with Crippen molar-refractivity contribution in [2.75, 3.05) is 19.5 Å². The largest absolute Gasteiger partial charge is 0.384 e. The van der Waals surface area contributed by atoms with Crippen molar-refractivity contribution in [1.82, 2.24) is 14.9 Å². The number of sulfonamides is 1. The standard InChI is InChI=1S/C10H13N3O4S2/c1-16-4-6-19(14,15)11-7-9-12-10(13-17-9)8-3-2-5-18-8/h2-3,5,11H,4,6-7H2,1H3. The van der Waals surface area contributed by atoms with E-state index >= 15 is 0 Å². The monoisotopic (exact) mass is 303 g/mol. The smallest absolute Gasteiger partial charge is 0.242 e. The van der Waals surface area contributed by atoms with E-state index in [1.54, 1.807) is 0 Å². The molecule has 0 aliphatic carbocycles. The zero-order chi connectivity index (χ0) is 13.7. The van der Waals surface area contributed by atoms with Gasteiger partial charge in [0, 0.05) is 7.11 Å². The number of nitrogens with one attached hydrogen (secondary N) is 1. The number of hydrogen-bond donors (Lipinski definition) is 1. The van der Waals surface area contributed by atoms with E-state index in [0.717, 1.165) is 4.88 Å². The molecular formula is C10H13N3O4S2. The van der Waals surface area contributed by atoms with Gasteiger partial charge in [-0.05, 0) is 11.4 Å². The predicted octanol–water partition coefficient (Wildman–Crippen LogP) is 0.864. The molecule has 0 radical (unpaired) electrons. The first-order chi connectivity index (χ1) is 9.11. The van der Waals surface area contributed by atoms with Crippen molar-refractivity contribution in [2.24, 2.45) is 0 Å². The highest BCUT2D eigenvalue weighted by Gasteiger charge is 2.13. The summed E-state index contributed by atoms with van der Waals surface area (Å²) in [5.74, 6) is 0.584. The Morgan fingerprint density at radius 2 is 2.37 bits per heavy atom. The normalized spacial score (nSPS) is 11.8. The Morgan fingerprint density at radius 1 is 1.53 bits per heavy atom. The molecule has 0 atom stereocenters. The summed E-state index contributed by atoms with van der Waals surface area (Å²) in [4.78, 5) is 4.98. The first kappa shape index (κ1) is 14.1. The topological polar surface area (TPSA) is 94.3 Å². The third-order valence-corrected chi connectivity index (χ3v) is 4.36. The van der Waals surface area contributed by atoms with Crippen LogP contribution < -0.4 is 4.72 Å². The predicted molar refractivity (Wildman–Crippen MR) is 70.1 cm³/mol. The number of methoxy groups -OCH3 is 1. The summed E-state index contributed by atoms with van der Waals surface area (Å²) < 4.78 is 35.1. The average molecular weight is 303 g/mol. The van der Waals surface area contributed by atoms with Crippen LogP contribution >= 0.6 is 11.3 Å². The number of thiophene rings is 1. The van der Waals surface area contributed by atoms with Gasteiger partial charge in [0.05, 0.1) is 23.8 Å². The van der Waals surface area contributed by atoms with Gasteiger partial charge in [-0.25, -0.2) is 13.1 Å². The van der Waals surface area contributed by atoms with Crippen molar-refractivity contribution in [3.8, 4) is 10.7 Å². The minimum absolute atomic E-state index is 0.0234. The average Bonchev–Trinajstić information content (AvgIpc) is 3.04. The van der Waals surface area contributed by atoms with Crippen LogP contribution in [0.2, 0.25) is 0 Å². The second-order valence-electron chi connectivity index (χ2n) is 3.62. The van der Waals surface area contributed by atoms with E-state index in [4.69, 9.17) is 9.26 Å². The van der Waals surface area contributed by atoms with E-state index < -0.39 is 10.0 Å². The van der Waals surface area contributed by atoms with Crippen molar-refractivity contribution in [1.29, 1.82) is 0 Å². The van der Waals surface area contributed by atoms with Crippen LogP contribution in [0.5, 0.6) is 0 Å². The van der Waals surface area contributed by atoms with Gasteiger partial charge in [-0.1, -0.05) is 11.2 Å². The summed E-state index contributed by atoms with van der Waals surface area (Å²) in [5.41, 5.74) is 0. The van der Waals surface area contributed by atoms with Crippen LogP contribution in [-0.2, 0) is 21.3 Å². The number of ether oxygens (including phenoxy) is 1. The zero-order valence-corrected chi connectivity index (χ0v) is 11.8. The van der Waals surface area contributed by atoms with Crippen molar-refractivity contribution in [2.45, 2.75) is 6.54 Å². The van der Waals surface area contributed by atoms with Crippen molar-refractivity contribution in [3.63, 3.8) is 0 Å². The fraction of sp³-hybridized carbons (Fsp3) is 0.400. The lowest BCUT2D eigenvalue weighted by molar-refractivity contribution is 0.217. The second kappa shape index (κ2) is 6.24. The summed E-state index contributed by atoms with van der Waals surface area (Å²) in [7, 11) is -1.94. The summed E-state index contributed by atoms with van der Waals surface area (Å²) in [6, 6.07) is 3.74. The fourth-order valence-corrected chi connectivity index (χ4v) is 2.79. The van der Waals surface area contributed by atoms with Gasteiger partial charge in [0.15, 0.2) is 0 Å². The SMILES string of the molecule is COCCS(=O)(=O)NCc1nc(-c2cccs2)no1. The van der Waals surface area contributed by atoms with Gasteiger partial charge in [-0.3, -0.25) is 0 Å². The zero-order valence-electron chi connectivity index (χ0n) is 10.2. The number of hydrogen-bond acceptors (Lipinski definition) is 7. The summed E-state index contributed by atoms with van der Waals surface area (Å²) >= 11 is 1.48. The first-order valence-electron chi connectivity index (χ1n) is 5.43.